The molecule has 2 heterocycles. The zero-order valence-electron chi connectivity index (χ0n) is 17.4. The second-order valence-corrected chi connectivity index (χ2v) is 9.53. The molecule has 2 aromatic rings. The fraction of sp³-hybridized carbons (Fsp3) is 0.292. The topological polar surface area (TPSA) is 72.9 Å². The van der Waals surface area contributed by atoms with E-state index in [1.54, 1.807) is 42.5 Å². The number of carbonyl (C=O) groups excluding carboxylic acids is 3. The lowest BCUT2D eigenvalue weighted by Crippen LogP contribution is -2.50. The Morgan fingerprint density at radius 1 is 1.09 bits per heavy atom. The first-order valence-electron chi connectivity index (χ1n) is 10.3. The lowest BCUT2D eigenvalue weighted by molar-refractivity contribution is -0.111. The van der Waals surface area contributed by atoms with Crippen LogP contribution in [0.1, 0.15) is 39.1 Å². The fourth-order valence-electron chi connectivity index (χ4n) is 4.34. The maximum atomic E-state index is 12.9. The number of allylic oxidation sites excluding steroid dienone is 1. The molecule has 6 nitrogen and oxygen atoms in total. The molecule has 32 heavy (non-hydrogen) atoms. The van der Waals surface area contributed by atoms with Gasteiger partial charge in [-0.1, -0.05) is 17.7 Å². The molecule has 1 fully saturated rings. The zero-order chi connectivity index (χ0) is 22.5. The third kappa shape index (κ3) is 3.49. The van der Waals surface area contributed by atoms with Crippen molar-refractivity contribution in [3.05, 3.63) is 69.1 Å². The lowest BCUT2D eigenvalue weighted by Gasteiger charge is -2.45. The SMILES string of the molecule is COc1ccc2c(c1)C(=O)C(=O)C1=C2OC2(CCN(C(=O)c3cccc(Cl)c3)CC2)CS1. The highest BCUT2D eigenvalue weighted by Gasteiger charge is 2.46. The molecular formula is C24H20ClNO5S. The minimum absolute atomic E-state index is 0.0541. The van der Waals surface area contributed by atoms with Crippen molar-refractivity contribution in [1.82, 2.24) is 4.90 Å². The minimum Gasteiger partial charge on any atom is -0.497 e. The lowest BCUT2D eigenvalue weighted by atomic mass is 9.89. The van der Waals surface area contributed by atoms with E-state index in [1.807, 2.05) is 4.90 Å². The average molecular weight is 470 g/mol. The summed E-state index contributed by atoms with van der Waals surface area (Å²) in [4.78, 5) is 40.4. The number of thioether (sulfide) groups is 1. The molecule has 0 unspecified atom stereocenters. The summed E-state index contributed by atoms with van der Waals surface area (Å²) in [5, 5.41) is 0.530. The van der Waals surface area contributed by atoms with Crippen LogP contribution in [0.4, 0.5) is 0 Å². The van der Waals surface area contributed by atoms with E-state index in [0.29, 0.717) is 69.8 Å². The molecule has 3 aliphatic rings. The van der Waals surface area contributed by atoms with E-state index >= 15 is 0 Å². The third-order valence-electron chi connectivity index (χ3n) is 6.17. The summed E-state index contributed by atoms with van der Waals surface area (Å²) in [6, 6.07) is 12.1. The van der Waals surface area contributed by atoms with Gasteiger partial charge in [0.1, 0.15) is 22.0 Å². The van der Waals surface area contributed by atoms with Crippen molar-refractivity contribution in [3.8, 4) is 5.75 Å². The summed E-state index contributed by atoms with van der Waals surface area (Å²) in [6.45, 7) is 1.08. The van der Waals surface area contributed by atoms with Gasteiger partial charge in [-0.2, -0.15) is 0 Å². The molecule has 2 aliphatic heterocycles. The molecule has 0 bridgehead atoms. The van der Waals surface area contributed by atoms with Crippen LogP contribution in [0, 0.1) is 0 Å². The number of benzene rings is 2. The first-order chi connectivity index (χ1) is 15.4. The highest BCUT2D eigenvalue weighted by atomic mass is 35.5. The van der Waals surface area contributed by atoms with Crippen molar-refractivity contribution in [2.45, 2.75) is 18.4 Å². The number of halogens is 1. The summed E-state index contributed by atoms with van der Waals surface area (Å²) in [7, 11) is 1.52. The van der Waals surface area contributed by atoms with Crippen LogP contribution in [0.15, 0.2) is 47.4 Å². The van der Waals surface area contributed by atoms with Gasteiger partial charge in [-0.25, -0.2) is 0 Å². The summed E-state index contributed by atoms with van der Waals surface area (Å²) in [6.07, 6.45) is 1.27. The van der Waals surface area contributed by atoms with E-state index in [4.69, 9.17) is 21.1 Å². The van der Waals surface area contributed by atoms with Crippen molar-refractivity contribution in [1.29, 1.82) is 0 Å². The highest BCUT2D eigenvalue weighted by Crippen LogP contribution is 2.47. The molecule has 1 amide bonds. The zero-order valence-corrected chi connectivity index (χ0v) is 18.9. The normalized spacial score (nSPS) is 19.4. The van der Waals surface area contributed by atoms with Crippen LogP contribution in [0.25, 0.3) is 5.76 Å². The van der Waals surface area contributed by atoms with Gasteiger partial charge >= 0.3 is 0 Å². The molecule has 164 valence electrons. The molecule has 5 rings (SSSR count). The molecule has 0 radical (unpaired) electrons. The van der Waals surface area contributed by atoms with Crippen LogP contribution in [-0.4, -0.2) is 53.9 Å². The smallest absolute Gasteiger partial charge is 0.253 e. The van der Waals surface area contributed by atoms with Crippen molar-refractivity contribution >= 4 is 46.6 Å². The number of piperidine rings is 1. The van der Waals surface area contributed by atoms with Gasteiger partial charge < -0.3 is 14.4 Å². The maximum Gasteiger partial charge on any atom is 0.253 e. The number of fused-ring (bicyclic) bond motifs is 2. The first kappa shape index (κ1) is 21.1. The average Bonchev–Trinajstić information content (AvgIpc) is 2.82. The van der Waals surface area contributed by atoms with Gasteiger partial charge in [0.2, 0.25) is 11.6 Å². The van der Waals surface area contributed by atoms with Gasteiger partial charge in [-0.05, 0) is 36.4 Å². The molecule has 1 aliphatic carbocycles. The van der Waals surface area contributed by atoms with Gasteiger partial charge in [-0.3, -0.25) is 14.4 Å². The summed E-state index contributed by atoms with van der Waals surface area (Å²) < 4.78 is 11.7. The molecule has 1 spiro atoms. The summed E-state index contributed by atoms with van der Waals surface area (Å²) in [5.74, 6) is 0.427. The number of rotatable bonds is 2. The van der Waals surface area contributed by atoms with E-state index in [9.17, 15) is 14.4 Å². The van der Waals surface area contributed by atoms with Gasteiger partial charge in [0, 0.05) is 53.4 Å². The van der Waals surface area contributed by atoms with Crippen LogP contribution in [0.5, 0.6) is 5.75 Å². The van der Waals surface area contributed by atoms with E-state index in [2.05, 4.69) is 0 Å². The van der Waals surface area contributed by atoms with Crippen LogP contribution in [0.3, 0.4) is 0 Å². The quantitative estimate of drug-likeness (QED) is 0.613. The number of ether oxygens (including phenoxy) is 2. The Kier molecular flexibility index (Phi) is 5.26. The molecule has 2 aromatic carbocycles. The Bertz CT molecular complexity index is 1180. The van der Waals surface area contributed by atoms with Gasteiger partial charge in [0.25, 0.3) is 5.91 Å². The Morgan fingerprint density at radius 2 is 1.88 bits per heavy atom. The first-order valence-corrected chi connectivity index (χ1v) is 11.7. The molecule has 0 aromatic heterocycles. The number of methoxy groups -OCH3 is 1. The maximum absolute atomic E-state index is 12.9. The second-order valence-electron chi connectivity index (χ2n) is 8.10. The number of amides is 1. The molecular weight excluding hydrogens is 450 g/mol. The number of hydrogen-bond acceptors (Lipinski definition) is 6. The van der Waals surface area contributed by atoms with Crippen LogP contribution in [-0.2, 0) is 9.53 Å². The molecule has 0 atom stereocenters. The summed E-state index contributed by atoms with van der Waals surface area (Å²) >= 11 is 7.41. The molecule has 0 N–H and O–H groups in total. The van der Waals surface area contributed by atoms with Crippen LogP contribution in [0.2, 0.25) is 5.02 Å². The number of carbonyl (C=O) groups is 3. The Balaban J connectivity index is 1.38. The van der Waals surface area contributed by atoms with E-state index < -0.39 is 17.2 Å². The number of likely N-dealkylation sites (tertiary alicyclic amines) is 1. The van der Waals surface area contributed by atoms with Gasteiger partial charge in [-0.15, -0.1) is 11.8 Å². The van der Waals surface area contributed by atoms with Crippen LogP contribution >= 0.6 is 23.4 Å². The summed E-state index contributed by atoms with van der Waals surface area (Å²) in [5.41, 5.74) is 0.998. The van der Waals surface area contributed by atoms with Gasteiger partial charge in [0.15, 0.2) is 0 Å². The Hall–Kier alpha value is -2.77. The predicted molar refractivity (Wildman–Crippen MR) is 122 cm³/mol. The van der Waals surface area contributed by atoms with Crippen molar-refractivity contribution in [2.24, 2.45) is 0 Å². The second kappa shape index (κ2) is 7.98. The van der Waals surface area contributed by atoms with Crippen molar-refractivity contribution < 1.29 is 23.9 Å². The monoisotopic (exact) mass is 469 g/mol. The molecule has 0 saturated carbocycles. The number of hydrogen-bond donors (Lipinski definition) is 0. The third-order valence-corrected chi connectivity index (χ3v) is 7.73. The fourth-order valence-corrected chi connectivity index (χ4v) is 5.79. The Morgan fingerprint density at radius 3 is 2.59 bits per heavy atom. The van der Waals surface area contributed by atoms with Crippen molar-refractivity contribution in [3.63, 3.8) is 0 Å². The largest absolute Gasteiger partial charge is 0.497 e. The van der Waals surface area contributed by atoms with Crippen LogP contribution < -0.4 is 4.74 Å². The Labute approximate surface area is 194 Å². The van der Waals surface area contributed by atoms with Crippen molar-refractivity contribution in [2.75, 3.05) is 26.0 Å². The highest BCUT2D eigenvalue weighted by molar-refractivity contribution is 8.04. The standard InChI is InChI=1S/C24H20ClNO5S/c1-30-16-5-6-17-18(12-16)19(27)20(28)22-21(17)31-24(13-32-22)7-9-26(10-8-24)23(29)14-3-2-4-15(25)11-14/h2-6,11-12H,7-10,13H2,1H3. The number of ketones is 2. The number of nitrogens with zero attached hydrogens (tertiary/aromatic N) is 1. The van der Waals surface area contributed by atoms with E-state index in [-0.39, 0.29) is 5.91 Å². The van der Waals surface area contributed by atoms with E-state index in [1.165, 1.54) is 18.9 Å². The van der Waals surface area contributed by atoms with E-state index in [0.717, 1.165) is 0 Å². The molecule has 1 saturated heterocycles. The minimum atomic E-state index is -0.536. The predicted octanol–water partition coefficient (Wildman–Crippen LogP) is 4.22. The molecule has 8 heteroatoms. The number of Topliss-reactive ketones (excluding diaryl/α,β-unsaturated/α-hetero) is 2. The van der Waals surface area contributed by atoms with Gasteiger partial charge in [0.05, 0.1) is 7.11 Å².